The third-order valence-corrected chi connectivity index (χ3v) is 2.60. The maximum atomic E-state index is 12.5. The highest BCUT2D eigenvalue weighted by Crippen LogP contribution is 2.16. The van der Waals surface area contributed by atoms with E-state index in [1.165, 1.54) is 0 Å². The van der Waals surface area contributed by atoms with Crippen molar-refractivity contribution in [1.82, 2.24) is 0 Å². The van der Waals surface area contributed by atoms with Gasteiger partial charge in [0.15, 0.2) is 0 Å². The highest BCUT2D eigenvalue weighted by atomic mass is 19.3. The molecule has 0 fully saturated rings. The van der Waals surface area contributed by atoms with E-state index in [-0.39, 0.29) is 6.61 Å². The summed E-state index contributed by atoms with van der Waals surface area (Å²) in [5.41, 5.74) is 0.891. The van der Waals surface area contributed by atoms with Crippen LogP contribution in [0.1, 0.15) is 18.4 Å². The maximum Gasteiger partial charge on any atom is 0.266 e. The fourth-order valence-corrected chi connectivity index (χ4v) is 1.57. The molecule has 0 aliphatic rings. The lowest BCUT2D eigenvalue weighted by molar-refractivity contribution is -0.110. The molecule has 0 aliphatic carbocycles. The van der Waals surface area contributed by atoms with Crippen LogP contribution in [0.15, 0.2) is 43.0 Å². The van der Waals surface area contributed by atoms with Crippen molar-refractivity contribution in [3.05, 3.63) is 48.6 Å². The van der Waals surface area contributed by atoms with Gasteiger partial charge < -0.3 is 9.84 Å². The first-order chi connectivity index (χ1) is 8.65. The van der Waals surface area contributed by atoms with Crippen molar-refractivity contribution in [3.8, 4) is 0 Å². The number of alkyl halides is 2. The van der Waals surface area contributed by atoms with Gasteiger partial charge in [0.1, 0.15) is 6.10 Å². The van der Waals surface area contributed by atoms with Crippen LogP contribution in [0.3, 0.4) is 0 Å². The fourth-order valence-electron chi connectivity index (χ4n) is 1.57. The number of ether oxygens (including phenoxy) is 1. The lowest BCUT2D eigenvalue weighted by Gasteiger charge is -2.22. The van der Waals surface area contributed by atoms with Gasteiger partial charge in [0.2, 0.25) is 0 Å². The molecule has 0 spiro atoms. The molecule has 0 bridgehead atoms. The van der Waals surface area contributed by atoms with Crippen molar-refractivity contribution in [2.75, 3.05) is 0 Å². The third kappa shape index (κ3) is 4.94. The van der Waals surface area contributed by atoms with E-state index in [0.717, 1.165) is 5.56 Å². The molecular weight excluding hydrogens is 238 g/mol. The van der Waals surface area contributed by atoms with E-state index >= 15 is 0 Å². The van der Waals surface area contributed by atoms with Crippen molar-refractivity contribution in [3.63, 3.8) is 0 Å². The van der Waals surface area contributed by atoms with Crippen molar-refractivity contribution >= 4 is 0 Å². The summed E-state index contributed by atoms with van der Waals surface area (Å²) in [5.74, 6) is 0. The van der Waals surface area contributed by atoms with E-state index in [1.807, 2.05) is 30.3 Å². The summed E-state index contributed by atoms with van der Waals surface area (Å²) in [7, 11) is 0. The fraction of sp³-hybridized carbons (Fsp3) is 0.429. The first kappa shape index (κ1) is 14.8. The summed E-state index contributed by atoms with van der Waals surface area (Å²) < 4.78 is 30.3. The normalized spacial score (nSPS) is 14.4. The van der Waals surface area contributed by atoms with Gasteiger partial charge in [0.25, 0.3) is 6.43 Å². The quantitative estimate of drug-likeness (QED) is 0.724. The second-order valence-corrected chi connectivity index (χ2v) is 4.03. The first-order valence-electron chi connectivity index (χ1n) is 5.87. The minimum absolute atomic E-state index is 0.215. The highest BCUT2D eigenvalue weighted by molar-refractivity contribution is 5.13. The van der Waals surface area contributed by atoms with Crippen LogP contribution in [0.2, 0.25) is 0 Å². The van der Waals surface area contributed by atoms with Crippen LogP contribution in [0.4, 0.5) is 8.78 Å². The Bertz CT molecular complexity index is 341. The van der Waals surface area contributed by atoms with Crippen molar-refractivity contribution in [2.45, 2.75) is 38.1 Å². The molecule has 18 heavy (non-hydrogen) atoms. The molecule has 2 atom stereocenters. The Hall–Kier alpha value is -1.26. The van der Waals surface area contributed by atoms with Crippen molar-refractivity contribution in [1.29, 1.82) is 0 Å². The zero-order valence-corrected chi connectivity index (χ0v) is 10.1. The summed E-state index contributed by atoms with van der Waals surface area (Å²) in [6.45, 7) is 3.75. The Morgan fingerprint density at radius 3 is 2.50 bits per heavy atom. The number of allylic oxidation sites excluding steroid dienone is 1. The Balaban J connectivity index is 2.52. The second kappa shape index (κ2) is 7.95. The van der Waals surface area contributed by atoms with Crippen molar-refractivity contribution < 1.29 is 18.6 Å². The predicted octanol–water partition coefficient (Wildman–Crippen LogP) is 3.16. The molecule has 0 amide bonds. The van der Waals surface area contributed by atoms with E-state index in [1.54, 1.807) is 6.08 Å². The van der Waals surface area contributed by atoms with E-state index < -0.39 is 18.6 Å². The summed E-state index contributed by atoms with van der Waals surface area (Å²) >= 11 is 0. The first-order valence-corrected chi connectivity index (χ1v) is 5.87. The molecule has 0 aromatic heterocycles. The smallest absolute Gasteiger partial charge is 0.266 e. The number of benzene rings is 1. The summed E-state index contributed by atoms with van der Waals surface area (Å²) in [6.07, 6.45) is -2.94. The van der Waals surface area contributed by atoms with Gasteiger partial charge in [-0.3, -0.25) is 0 Å². The standard InChI is InChI=1S/C14H18F2O2/c1-2-3-9-12(13(17)14(15)16)18-10-11-7-5-4-6-8-11/h2,4-8,12-14,17H,1,3,9-10H2/t12-,13+/m1/s1. The molecule has 1 aromatic rings. The maximum absolute atomic E-state index is 12.5. The van der Waals surface area contributed by atoms with E-state index in [4.69, 9.17) is 4.74 Å². The number of aliphatic hydroxyl groups is 1. The summed E-state index contributed by atoms with van der Waals surface area (Å²) in [5, 5.41) is 9.38. The van der Waals surface area contributed by atoms with Crippen LogP contribution < -0.4 is 0 Å². The third-order valence-electron chi connectivity index (χ3n) is 2.60. The van der Waals surface area contributed by atoms with Gasteiger partial charge >= 0.3 is 0 Å². The van der Waals surface area contributed by atoms with E-state index in [0.29, 0.717) is 12.8 Å². The molecule has 1 aromatic carbocycles. The molecule has 100 valence electrons. The van der Waals surface area contributed by atoms with Crippen molar-refractivity contribution in [2.24, 2.45) is 0 Å². The summed E-state index contributed by atoms with van der Waals surface area (Å²) in [6, 6.07) is 9.26. The van der Waals surface area contributed by atoms with Gasteiger partial charge in [0.05, 0.1) is 12.7 Å². The Kier molecular flexibility index (Phi) is 6.54. The van der Waals surface area contributed by atoms with Gasteiger partial charge in [-0.25, -0.2) is 8.78 Å². The molecule has 0 saturated heterocycles. The molecule has 0 heterocycles. The van der Waals surface area contributed by atoms with Crippen LogP contribution >= 0.6 is 0 Å². The minimum Gasteiger partial charge on any atom is -0.384 e. The Morgan fingerprint density at radius 1 is 1.28 bits per heavy atom. The average Bonchev–Trinajstić information content (AvgIpc) is 2.39. The topological polar surface area (TPSA) is 29.5 Å². The van der Waals surface area contributed by atoms with Gasteiger partial charge in [-0.05, 0) is 18.4 Å². The van der Waals surface area contributed by atoms with Gasteiger partial charge in [-0.2, -0.15) is 0 Å². The average molecular weight is 256 g/mol. The molecular formula is C14H18F2O2. The second-order valence-electron chi connectivity index (χ2n) is 4.03. The lowest BCUT2D eigenvalue weighted by atomic mass is 10.1. The molecule has 4 heteroatoms. The van der Waals surface area contributed by atoms with Crippen LogP contribution in [-0.4, -0.2) is 23.7 Å². The molecule has 0 aliphatic heterocycles. The van der Waals surface area contributed by atoms with Crippen LogP contribution in [0, 0.1) is 0 Å². The SMILES string of the molecule is C=CCC[C@@H](OCc1ccccc1)[C@H](O)C(F)F. The minimum atomic E-state index is -2.80. The molecule has 0 unspecified atom stereocenters. The number of rotatable bonds is 8. The zero-order chi connectivity index (χ0) is 13.4. The molecule has 1 N–H and O–H groups in total. The van der Waals surface area contributed by atoms with Crippen LogP contribution in [-0.2, 0) is 11.3 Å². The zero-order valence-electron chi connectivity index (χ0n) is 10.1. The monoisotopic (exact) mass is 256 g/mol. The Labute approximate surface area is 106 Å². The number of hydrogen-bond donors (Lipinski definition) is 1. The number of halogens is 2. The van der Waals surface area contributed by atoms with Gasteiger partial charge in [-0.1, -0.05) is 36.4 Å². The lowest BCUT2D eigenvalue weighted by Crippen LogP contribution is -2.34. The molecule has 1 rings (SSSR count). The number of aliphatic hydroxyl groups excluding tert-OH is 1. The largest absolute Gasteiger partial charge is 0.384 e. The highest BCUT2D eigenvalue weighted by Gasteiger charge is 2.27. The van der Waals surface area contributed by atoms with Gasteiger partial charge in [-0.15, -0.1) is 6.58 Å². The molecule has 0 saturated carbocycles. The predicted molar refractivity (Wildman–Crippen MR) is 66.5 cm³/mol. The van der Waals surface area contributed by atoms with Gasteiger partial charge in [0, 0.05) is 0 Å². The van der Waals surface area contributed by atoms with E-state index in [9.17, 15) is 13.9 Å². The molecule has 2 nitrogen and oxygen atoms in total. The van der Waals surface area contributed by atoms with Crippen LogP contribution in [0.25, 0.3) is 0 Å². The Morgan fingerprint density at radius 2 is 1.94 bits per heavy atom. The number of hydrogen-bond acceptors (Lipinski definition) is 2. The molecule has 0 radical (unpaired) electrons. The summed E-state index contributed by atoms with van der Waals surface area (Å²) in [4.78, 5) is 0. The van der Waals surface area contributed by atoms with E-state index in [2.05, 4.69) is 6.58 Å². The van der Waals surface area contributed by atoms with Crippen LogP contribution in [0.5, 0.6) is 0 Å².